The summed E-state index contributed by atoms with van der Waals surface area (Å²) in [5.74, 6) is -0.0814. The Bertz CT molecular complexity index is 709. The van der Waals surface area contributed by atoms with Gasteiger partial charge in [0.15, 0.2) is 0 Å². The molecule has 1 aromatic heterocycles. The van der Waals surface area contributed by atoms with E-state index in [1.54, 1.807) is 30.1 Å². The molecule has 2 aromatic rings. The standard InChI is InChI=1S/C16H18N4O2/c1-10(18-16(22)11(2)20-7-3-6-17-20)12-4-5-14-13(8-12)9-15(21)19-14/h3-8,10-11H,9H2,1-2H3,(H,18,22)(H,19,21)/t10-,11-/m0/s1. The van der Waals surface area contributed by atoms with Gasteiger partial charge in [0.05, 0.1) is 12.5 Å². The first-order chi connectivity index (χ1) is 10.5. The number of anilines is 1. The van der Waals surface area contributed by atoms with Gasteiger partial charge in [0.25, 0.3) is 0 Å². The Kier molecular flexibility index (Phi) is 3.66. The Morgan fingerprint density at radius 1 is 1.41 bits per heavy atom. The highest BCUT2D eigenvalue weighted by Crippen LogP contribution is 2.26. The molecule has 3 rings (SSSR count). The molecular formula is C16H18N4O2. The quantitative estimate of drug-likeness (QED) is 0.904. The Balaban J connectivity index is 1.70. The van der Waals surface area contributed by atoms with E-state index in [0.717, 1.165) is 16.8 Å². The molecule has 2 amide bonds. The van der Waals surface area contributed by atoms with E-state index in [-0.39, 0.29) is 23.9 Å². The first-order valence-corrected chi connectivity index (χ1v) is 7.27. The number of carbonyl (C=O) groups excluding carboxylic acids is 2. The van der Waals surface area contributed by atoms with Gasteiger partial charge in [-0.05, 0) is 37.1 Å². The van der Waals surface area contributed by atoms with Crippen molar-refractivity contribution in [3.05, 3.63) is 47.8 Å². The molecule has 0 bridgehead atoms. The minimum Gasteiger partial charge on any atom is -0.348 e. The predicted octanol–water partition coefficient (Wildman–Crippen LogP) is 1.82. The van der Waals surface area contributed by atoms with Gasteiger partial charge in [0, 0.05) is 18.1 Å². The van der Waals surface area contributed by atoms with E-state index in [9.17, 15) is 9.59 Å². The van der Waals surface area contributed by atoms with Crippen molar-refractivity contribution in [2.45, 2.75) is 32.4 Å². The van der Waals surface area contributed by atoms with Crippen LogP contribution in [0.4, 0.5) is 5.69 Å². The second-order valence-corrected chi connectivity index (χ2v) is 5.53. The van der Waals surface area contributed by atoms with Crippen LogP contribution in [0.15, 0.2) is 36.7 Å². The molecule has 0 spiro atoms. The van der Waals surface area contributed by atoms with Gasteiger partial charge in [0.1, 0.15) is 6.04 Å². The summed E-state index contributed by atoms with van der Waals surface area (Å²) in [5, 5.41) is 9.87. The zero-order chi connectivity index (χ0) is 15.7. The van der Waals surface area contributed by atoms with Crippen molar-refractivity contribution in [1.82, 2.24) is 15.1 Å². The number of nitrogens with zero attached hydrogens (tertiary/aromatic N) is 2. The van der Waals surface area contributed by atoms with Gasteiger partial charge in [-0.25, -0.2) is 0 Å². The lowest BCUT2D eigenvalue weighted by Gasteiger charge is -2.18. The summed E-state index contributed by atoms with van der Waals surface area (Å²) in [6.07, 6.45) is 3.81. The zero-order valence-electron chi connectivity index (χ0n) is 12.5. The summed E-state index contributed by atoms with van der Waals surface area (Å²) in [7, 11) is 0. The van der Waals surface area contributed by atoms with Crippen LogP contribution >= 0.6 is 0 Å². The number of hydrogen-bond acceptors (Lipinski definition) is 3. The van der Waals surface area contributed by atoms with Crippen LogP contribution in [0, 0.1) is 0 Å². The van der Waals surface area contributed by atoms with Crippen LogP contribution in [0.25, 0.3) is 0 Å². The second-order valence-electron chi connectivity index (χ2n) is 5.53. The van der Waals surface area contributed by atoms with Gasteiger partial charge in [-0.3, -0.25) is 14.3 Å². The molecule has 2 heterocycles. The minimum atomic E-state index is -0.366. The third kappa shape index (κ3) is 2.72. The van der Waals surface area contributed by atoms with Crippen molar-refractivity contribution in [2.24, 2.45) is 0 Å². The van der Waals surface area contributed by atoms with Gasteiger partial charge >= 0.3 is 0 Å². The molecule has 1 aliphatic rings. The highest BCUT2D eigenvalue weighted by Gasteiger charge is 2.21. The van der Waals surface area contributed by atoms with Crippen LogP contribution in [0.5, 0.6) is 0 Å². The number of fused-ring (bicyclic) bond motifs is 1. The fraction of sp³-hybridized carbons (Fsp3) is 0.312. The van der Waals surface area contributed by atoms with Crippen molar-refractivity contribution < 1.29 is 9.59 Å². The molecule has 0 saturated heterocycles. The van der Waals surface area contributed by atoms with E-state index in [1.165, 1.54) is 0 Å². The first-order valence-electron chi connectivity index (χ1n) is 7.27. The Hall–Kier alpha value is -2.63. The van der Waals surface area contributed by atoms with Crippen molar-refractivity contribution >= 4 is 17.5 Å². The van der Waals surface area contributed by atoms with Gasteiger partial charge in [0.2, 0.25) is 11.8 Å². The molecule has 0 aliphatic carbocycles. The molecule has 2 N–H and O–H groups in total. The Morgan fingerprint density at radius 3 is 2.95 bits per heavy atom. The molecule has 6 nitrogen and oxygen atoms in total. The predicted molar refractivity (Wildman–Crippen MR) is 82.3 cm³/mol. The van der Waals surface area contributed by atoms with Gasteiger partial charge in [-0.15, -0.1) is 0 Å². The first kappa shape index (κ1) is 14.3. The zero-order valence-corrected chi connectivity index (χ0v) is 12.5. The normalized spacial score (nSPS) is 15.8. The monoisotopic (exact) mass is 298 g/mol. The molecule has 2 atom stereocenters. The van der Waals surface area contributed by atoms with Crippen LogP contribution in [-0.4, -0.2) is 21.6 Å². The van der Waals surface area contributed by atoms with E-state index < -0.39 is 0 Å². The SMILES string of the molecule is C[C@H](NC(=O)[C@H](C)n1cccn1)c1ccc2c(c1)CC(=O)N2. The average molecular weight is 298 g/mol. The average Bonchev–Trinajstić information content (AvgIpc) is 3.13. The van der Waals surface area contributed by atoms with E-state index in [1.807, 2.05) is 25.1 Å². The molecule has 1 aliphatic heterocycles. The number of carbonyl (C=O) groups is 2. The van der Waals surface area contributed by atoms with Gasteiger partial charge in [-0.1, -0.05) is 12.1 Å². The molecule has 0 saturated carbocycles. The number of nitrogens with one attached hydrogen (secondary N) is 2. The van der Waals surface area contributed by atoms with Gasteiger partial charge in [-0.2, -0.15) is 5.10 Å². The van der Waals surface area contributed by atoms with E-state index >= 15 is 0 Å². The van der Waals surface area contributed by atoms with Crippen molar-refractivity contribution in [1.29, 1.82) is 0 Å². The summed E-state index contributed by atoms with van der Waals surface area (Å²) in [4.78, 5) is 23.7. The fourth-order valence-corrected chi connectivity index (χ4v) is 2.57. The lowest BCUT2D eigenvalue weighted by molar-refractivity contribution is -0.124. The fourth-order valence-electron chi connectivity index (χ4n) is 2.57. The summed E-state index contributed by atoms with van der Waals surface area (Å²) in [6.45, 7) is 3.74. The van der Waals surface area contributed by atoms with E-state index in [2.05, 4.69) is 15.7 Å². The maximum atomic E-state index is 12.3. The third-order valence-electron chi connectivity index (χ3n) is 3.91. The minimum absolute atomic E-state index is 0.0103. The van der Waals surface area contributed by atoms with Crippen LogP contribution in [-0.2, 0) is 16.0 Å². The highest BCUT2D eigenvalue weighted by molar-refractivity contribution is 5.99. The number of hydrogen-bond donors (Lipinski definition) is 2. The molecular weight excluding hydrogens is 280 g/mol. The topological polar surface area (TPSA) is 76.0 Å². The van der Waals surface area contributed by atoms with Crippen LogP contribution in [0.2, 0.25) is 0 Å². The third-order valence-corrected chi connectivity index (χ3v) is 3.91. The van der Waals surface area contributed by atoms with Crippen molar-refractivity contribution in [3.8, 4) is 0 Å². The van der Waals surface area contributed by atoms with Gasteiger partial charge < -0.3 is 10.6 Å². The number of amides is 2. The summed E-state index contributed by atoms with van der Waals surface area (Å²) < 4.78 is 1.62. The maximum Gasteiger partial charge on any atom is 0.245 e. The summed E-state index contributed by atoms with van der Waals surface area (Å²) in [5.41, 5.74) is 2.82. The lowest BCUT2D eigenvalue weighted by atomic mass is 10.0. The highest BCUT2D eigenvalue weighted by atomic mass is 16.2. The molecule has 114 valence electrons. The smallest absolute Gasteiger partial charge is 0.245 e. The van der Waals surface area contributed by atoms with Crippen LogP contribution < -0.4 is 10.6 Å². The lowest BCUT2D eigenvalue weighted by Crippen LogP contribution is -2.33. The van der Waals surface area contributed by atoms with E-state index in [4.69, 9.17) is 0 Å². The Labute approximate surface area is 128 Å². The van der Waals surface area contributed by atoms with Crippen LogP contribution in [0.1, 0.15) is 37.1 Å². The van der Waals surface area contributed by atoms with Crippen LogP contribution in [0.3, 0.4) is 0 Å². The molecule has 6 heteroatoms. The molecule has 0 unspecified atom stereocenters. The number of benzene rings is 1. The summed E-state index contributed by atoms with van der Waals surface area (Å²) >= 11 is 0. The largest absolute Gasteiger partial charge is 0.348 e. The van der Waals surface area contributed by atoms with Crippen molar-refractivity contribution in [3.63, 3.8) is 0 Å². The molecule has 0 radical (unpaired) electrons. The molecule has 0 fully saturated rings. The summed E-state index contributed by atoms with van der Waals surface area (Å²) in [6, 6.07) is 7.07. The van der Waals surface area contributed by atoms with E-state index in [0.29, 0.717) is 6.42 Å². The molecule has 22 heavy (non-hydrogen) atoms. The van der Waals surface area contributed by atoms with Crippen molar-refractivity contribution in [2.75, 3.05) is 5.32 Å². The Morgan fingerprint density at radius 2 is 2.23 bits per heavy atom. The number of rotatable bonds is 4. The molecule has 1 aromatic carbocycles. The second kappa shape index (κ2) is 5.63. The number of aromatic nitrogens is 2. The maximum absolute atomic E-state index is 12.3.